The van der Waals surface area contributed by atoms with E-state index in [4.69, 9.17) is 0 Å². The molecule has 0 bridgehead atoms. The van der Waals surface area contributed by atoms with Gasteiger partial charge in [0.2, 0.25) is 5.91 Å². The molecule has 6 nitrogen and oxygen atoms in total. The molecule has 2 heterocycles. The maximum atomic E-state index is 12.6. The number of aromatic amines is 1. The molecule has 3 rings (SSSR count). The Bertz CT molecular complexity index is 620. The van der Waals surface area contributed by atoms with Crippen LogP contribution < -0.4 is 5.56 Å². The van der Waals surface area contributed by atoms with E-state index in [0.717, 1.165) is 37.9 Å². The van der Waals surface area contributed by atoms with Crippen molar-refractivity contribution in [3.63, 3.8) is 0 Å². The van der Waals surface area contributed by atoms with Crippen LogP contribution in [-0.2, 0) is 17.8 Å². The largest absolute Gasteiger partial charge is 0.340 e. The van der Waals surface area contributed by atoms with Gasteiger partial charge in [-0.2, -0.15) is 0 Å². The Kier molecular flexibility index (Phi) is 5.99. The Balaban J connectivity index is 1.50. The van der Waals surface area contributed by atoms with Crippen molar-refractivity contribution < 1.29 is 4.79 Å². The first-order chi connectivity index (χ1) is 12.0. The van der Waals surface area contributed by atoms with Gasteiger partial charge in [0.1, 0.15) is 0 Å². The molecule has 1 saturated heterocycles. The van der Waals surface area contributed by atoms with Crippen molar-refractivity contribution in [2.24, 2.45) is 5.92 Å². The average Bonchev–Trinajstić information content (AvgIpc) is 2.94. The van der Waals surface area contributed by atoms with Gasteiger partial charge in [-0.3, -0.25) is 24.3 Å². The van der Waals surface area contributed by atoms with Crippen molar-refractivity contribution in [1.29, 1.82) is 0 Å². The number of amides is 1. The second-order valence-corrected chi connectivity index (χ2v) is 8.01. The van der Waals surface area contributed by atoms with Gasteiger partial charge in [-0.25, -0.2) is 0 Å². The molecule has 0 spiro atoms. The minimum absolute atomic E-state index is 0.0429. The highest BCUT2D eigenvalue weighted by Crippen LogP contribution is 2.23. The molecule has 6 heteroatoms. The van der Waals surface area contributed by atoms with E-state index in [1.54, 1.807) is 10.7 Å². The fourth-order valence-electron chi connectivity index (χ4n) is 4.14. The number of carbonyl (C=O) groups is 1. The summed E-state index contributed by atoms with van der Waals surface area (Å²) in [7, 11) is 0. The Hall–Kier alpha value is -1.56. The Morgan fingerprint density at radius 1 is 1.16 bits per heavy atom. The summed E-state index contributed by atoms with van der Waals surface area (Å²) in [6.07, 6.45) is 7.01. The number of nitrogens with one attached hydrogen (secondary N) is 1. The molecule has 2 aliphatic rings. The zero-order valence-corrected chi connectivity index (χ0v) is 15.7. The van der Waals surface area contributed by atoms with Crippen LogP contribution in [-0.4, -0.2) is 57.7 Å². The van der Waals surface area contributed by atoms with Crippen LogP contribution in [0.3, 0.4) is 0 Å². The van der Waals surface area contributed by atoms with Crippen molar-refractivity contribution in [3.8, 4) is 0 Å². The Morgan fingerprint density at radius 3 is 2.48 bits per heavy atom. The van der Waals surface area contributed by atoms with Crippen LogP contribution in [0.25, 0.3) is 0 Å². The fourth-order valence-corrected chi connectivity index (χ4v) is 4.14. The smallest absolute Gasteiger partial charge is 0.266 e. The van der Waals surface area contributed by atoms with Crippen LogP contribution in [0.15, 0.2) is 10.9 Å². The molecule has 0 aromatic carbocycles. The summed E-state index contributed by atoms with van der Waals surface area (Å²) in [4.78, 5) is 29.0. The monoisotopic (exact) mass is 348 g/mol. The molecular weight excluding hydrogens is 316 g/mol. The first kappa shape index (κ1) is 18.2. The minimum Gasteiger partial charge on any atom is -0.340 e. The molecular formula is C19H32N4O2. The minimum atomic E-state index is -0.0429. The predicted octanol–water partition coefficient (Wildman–Crippen LogP) is 1.85. The second-order valence-electron chi connectivity index (χ2n) is 8.01. The molecule has 1 amide bonds. The van der Waals surface area contributed by atoms with Crippen LogP contribution in [0.4, 0.5) is 0 Å². The standard InChI is InChI=1S/C19H32N4O2/c1-15(2)14-23-19(25)13-16(20-23)12-18(24)22-10-8-21(9-11-22)17-6-4-3-5-7-17/h13,15,17,20H,3-12,14H2,1-2H3. The van der Waals surface area contributed by atoms with E-state index in [1.165, 1.54) is 32.1 Å². The number of H-pyrrole nitrogens is 1. The summed E-state index contributed by atoms with van der Waals surface area (Å²) < 4.78 is 1.61. The highest BCUT2D eigenvalue weighted by Gasteiger charge is 2.27. The molecule has 2 fully saturated rings. The van der Waals surface area contributed by atoms with Gasteiger partial charge >= 0.3 is 0 Å². The molecule has 1 aliphatic carbocycles. The van der Waals surface area contributed by atoms with Crippen LogP contribution in [0.1, 0.15) is 51.6 Å². The summed E-state index contributed by atoms with van der Waals surface area (Å²) >= 11 is 0. The van der Waals surface area contributed by atoms with Crippen molar-refractivity contribution in [1.82, 2.24) is 19.6 Å². The molecule has 0 unspecified atom stereocenters. The third-order valence-electron chi connectivity index (χ3n) is 5.49. The van der Waals surface area contributed by atoms with Crippen molar-refractivity contribution in [2.75, 3.05) is 26.2 Å². The summed E-state index contributed by atoms with van der Waals surface area (Å²) in [5.41, 5.74) is 0.684. The van der Waals surface area contributed by atoms with E-state index in [2.05, 4.69) is 23.8 Å². The Labute approximate surface area is 150 Å². The van der Waals surface area contributed by atoms with E-state index in [1.807, 2.05) is 4.90 Å². The second kappa shape index (κ2) is 8.21. The van der Waals surface area contributed by atoms with Crippen LogP contribution in [0, 0.1) is 5.92 Å². The molecule has 0 atom stereocenters. The molecule has 1 aliphatic heterocycles. The van der Waals surface area contributed by atoms with Gasteiger partial charge in [-0.05, 0) is 18.8 Å². The number of hydrogen-bond acceptors (Lipinski definition) is 3. The number of nitrogens with zero attached hydrogens (tertiary/aromatic N) is 3. The lowest BCUT2D eigenvalue weighted by Crippen LogP contribution is -2.52. The quantitative estimate of drug-likeness (QED) is 0.883. The molecule has 25 heavy (non-hydrogen) atoms. The zero-order chi connectivity index (χ0) is 17.8. The number of rotatable bonds is 5. The lowest BCUT2D eigenvalue weighted by atomic mass is 9.94. The molecule has 1 N–H and O–H groups in total. The number of hydrogen-bond donors (Lipinski definition) is 1. The van der Waals surface area contributed by atoms with Crippen molar-refractivity contribution in [2.45, 2.75) is 65.0 Å². The molecule has 0 radical (unpaired) electrons. The average molecular weight is 348 g/mol. The van der Waals surface area contributed by atoms with Gasteiger partial charge in [0.25, 0.3) is 5.56 Å². The molecule has 1 saturated carbocycles. The van der Waals surface area contributed by atoms with Crippen LogP contribution in [0.5, 0.6) is 0 Å². The van der Waals surface area contributed by atoms with E-state index >= 15 is 0 Å². The van der Waals surface area contributed by atoms with Crippen molar-refractivity contribution in [3.05, 3.63) is 22.1 Å². The van der Waals surface area contributed by atoms with Gasteiger partial charge in [-0.1, -0.05) is 33.1 Å². The van der Waals surface area contributed by atoms with Crippen molar-refractivity contribution >= 4 is 5.91 Å². The number of aromatic nitrogens is 2. The lowest BCUT2D eigenvalue weighted by Gasteiger charge is -2.40. The van der Waals surface area contributed by atoms with Crippen LogP contribution >= 0.6 is 0 Å². The molecule has 1 aromatic rings. The lowest BCUT2D eigenvalue weighted by molar-refractivity contribution is -0.132. The highest BCUT2D eigenvalue weighted by molar-refractivity contribution is 5.78. The number of piperazine rings is 1. The van der Waals surface area contributed by atoms with E-state index in [9.17, 15) is 9.59 Å². The maximum Gasteiger partial charge on any atom is 0.266 e. The van der Waals surface area contributed by atoms with E-state index in [-0.39, 0.29) is 11.5 Å². The SMILES string of the molecule is CC(C)Cn1[nH]c(CC(=O)N2CCN(C3CCCCC3)CC2)cc1=O. The summed E-state index contributed by atoms with van der Waals surface area (Å²) in [5, 5.41) is 3.09. The highest BCUT2D eigenvalue weighted by atomic mass is 16.2. The van der Waals surface area contributed by atoms with E-state index < -0.39 is 0 Å². The van der Waals surface area contributed by atoms with E-state index in [0.29, 0.717) is 18.9 Å². The Morgan fingerprint density at radius 2 is 1.84 bits per heavy atom. The van der Waals surface area contributed by atoms with Gasteiger partial charge in [0, 0.05) is 50.5 Å². The van der Waals surface area contributed by atoms with Gasteiger partial charge < -0.3 is 4.90 Å². The molecule has 1 aromatic heterocycles. The maximum absolute atomic E-state index is 12.6. The third-order valence-corrected chi connectivity index (χ3v) is 5.49. The first-order valence-corrected chi connectivity index (χ1v) is 9.83. The first-order valence-electron chi connectivity index (χ1n) is 9.83. The summed E-state index contributed by atoms with van der Waals surface area (Å²) in [6, 6.07) is 2.30. The van der Waals surface area contributed by atoms with Gasteiger partial charge in [-0.15, -0.1) is 0 Å². The summed E-state index contributed by atoms with van der Waals surface area (Å²) in [6.45, 7) is 8.40. The van der Waals surface area contributed by atoms with Gasteiger partial charge in [0.05, 0.1) is 6.42 Å². The molecule has 140 valence electrons. The third kappa shape index (κ3) is 4.75. The van der Waals surface area contributed by atoms with Crippen LogP contribution in [0.2, 0.25) is 0 Å². The van der Waals surface area contributed by atoms with Gasteiger partial charge in [0.15, 0.2) is 0 Å². The zero-order valence-electron chi connectivity index (χ0n) is 15.7. The normalized spacial score (nSPS) is 20.4. The number of carbonyl (C=O) groups excluding carboxylic acids is 1. The summed E-state index contributed by atoms with van der Waals surface area (Å²) in [5.74, 6) is 0.522. The fraction of sp³-hybridized carbons (Fsp3) is 0.789. The topological polar surface area (TPSA) is 61.3 Å². The predicted molar refractivity (Wildman–Crippen MR) is 98.6 cm³/mol.